The topological polar surface area (TPSA) is 20.2 Å². The molecule has 1 nitrogen and oxygen atoms in total. The van der Waals surface area contributed by atoms with Crippen molar-refractivity contribution >= 4 is 59.9 Å². The van der Waals surface area contributed by atoms with Crippen LogP contribution in [0, 0.1) is 2.88 Å². The number of rotatable bonds is 2. The van der Waals surface area contributed by atoms with Gasteiger partial charge in [-0.15, -0.1) is 11.3 Å². The summed E-state index contributed by atoms with van der Waals surface area (Å²) in [6.07, 6.45) is 0. The van der Waals surface area contributed by atoms with Crippen LogP contribution in [0.25, 0.3) is 10.1 Å². The summed E-state index contributed by atoms with van der Waals surface area (Å²) in [5.41, 5.74) is 2.33. The fraction of sp³-hybridized carbons (Fsp3) is 0.200. The van der Waals surface area contributed by atoms with Gasteiger partial charge in [0.1, 0.15) is 0 Å². The van der Waals surface area contributed by atoms with Crippen molar-refractivity contribution in [3.05, 3.63) is 32.2 Å². The zero-order valence-electron chi connectivity index (χ0n) is 7.26. The highest BCUT2D eigenvalue weighted by Gasteiger charge is 2.11. The van der Waals surface area contributed by atoms with Crippen LogP contribution in [0.1, 0.15) is 11.1 Å². The van der Waals surface area contributed by atoms with E-state index in [0.717, 1.165) is 10.9 Å². The molecule has 0 amide bonds. The molecule has 14 heavy (non-hydrogen) atoms. The monoisotopic (exact) mass is 382 g/mol. The third-order valence-electron chi connectivity index (χ3n) is 2.16. The molecule has 4 heteroatoms. The van der Waals surface area contributed by atoms with Gasteiger partial charge in [0.2, 0.25) is 0 Å². The molecule has 0 saturated heterocycles. The number of halogens is 2. The number of hydrogen-bond acceptors (Lipinski definition) is 2. The lowest BCUT2D eigenvalue weighted by molar-refractivity contribution is 0.283. The molecule has 74 valence electrons. The highest BCUT2D eigenvalue weighted by Crippen LogP contribution is 2.35. The lowest BCUT2D eigenvalue weighted by Gasteiger charge is -2.00. The van der Waals surface area contributed by atoms with Crippen molar-refractivity contribution in [2.45, 2.75) is 11.9 Å². The minimum Gasteiger partial charge on any atom is -0.392 e. The van der Waals surface area contributed by atoms with E-state index in [0.29, 0.717) is 0 Å². The fourth-order valence-electron chi connectivity index (χ4n) is 1.51. The van der Waals surface area contributed by atoms with Crippen LogP contribution in [0.3, 0.4) is 0 Å². The van der Waals surface area contributed by atoms with Crippen LogP contribution >= 0.6 is 49.9 Å². The molecular formula is C10H8BrIOS. The molecule has 2 rings (SSSR count). The molecule has 1 aromatic heterocycles. The third-order valence-corrected chi connectivity index (χ3v) is 5.01. The first kappa shape index (κ1) is 10.9. The summed E-state index contributed by atoms with van der Waals surface area (Å²) in [6.45, 7) is 0.115. The lowest BCUT2D eigenvalue weighted by Crippen LogP contribution is -1.86. The Hall–Kier alpha value is 0.350. The van der Waals surface area contributed by atoms with Gasteiger partial charge in [-0.2, -0.15) is 0 Å². The third kappa shape index (κ3) is 1.73. The molecular weight excluding hydrogens is 375 g/mol. The van der Waals surface area contributed by atoms with Gasteiger partial charge in [-0.25, -0.2) is 0 Å². The van der Waals surface area contributed by atoms with Gasteiger partial charge in [0, 0.05) is 15.4 Å². The Morgan fingerprint density at radius 3 is 2.86 bits per heavy atom. The van der Waals surface area contributed by atoms with Crippen LogP contribution in [-0.2, 0) is 11.9 Å². The Kier molecular flexibility index (Phi) is 3.46. The van der Waals surface area contributed by atoms with Crippen LogP contribution in [0.2, 0.25) is 0 Å². The number of hydrogen-bond donors (Lipinski definition) is 1. The lowest BCUT2D eigenvalue weighted by atomic mass is 10.1. The Morgan fingerprint density at radius 2 is 2.21 bits per heavy atom. The number of benzene rings is 1. The molecule has 0 bridgehead atoms. The van der Waals surface area contributed by atoms with Gasteiger partial charge in [-0.05, 0) is 39.8 Å². The van der Waals surface area contributed by atoms with E-state index in [4.69, 9.17) is 0 Å². The second-order valence-electron chi connectivity index (χ2n) is 2.94. The second kappa shape index (κ2) is 4.47. The highest BCUT2D eigenvalue weighted by atomic mass is 127. The molecule has 2 aromatic rings. The molecule has 1 N–H and O–H groups in total. The molecule has 0 fully saturated rings. The number of thiophene rings is 1. The van der Waals surface area contributed by atoms with Gasteiger partial charge in [0.15, 0.2) is 0 Å². The number of fused-ring (bicyclic) bond motifs is 1. The Balaban J connectivity index is 2.82. The number of aliphatic hydroxyl groups is 1. The van der Waals surface area contributed by atoms with Crippen molar-refractivity contribution in [1.29, 1.82) is 0 Å². The van der Waals surface area contributed by atoms with Gasteiger partial charge in [-0.1, -0.05) is 28.1 Å². The SMILES string of the molecule is OCc1cccc2sc(I)c(CBr)c12. The maximum absolute atomic E-state index is 9.25. The Bertz CT molecular complexity index is 466. The first-order valence-corrected chi connectivity index (χ1v) is 7.15. The van der Waals surface area contributed by atoms with Crippen LogP contribution < -0.4 is 0 Å². The van der Waals surface area contributed by atoms with E-state index >= 15 is 0 Å². The fourth-order valence-corrected chi connectivity index (χ4v) is 4.95. The molecule has 0 aliphatic carbocycles. The minimum absolute atomic E-state index is 0.115. The van der Waals surface area contributed by atoms with E-state index in [1.807, 2.05) is 12.1 Å². The van der Waals surface area contributed by atoms with Crippen LogP contribution in [0.15, 0.2) is 18.2 Å². The maximum atomic E-state index is 9.25. The molecule has 0 unspecified atom stereocenters. The summed E-state index contributed by atoms with van der Waals surface area (Å²) in [5.74, 6) is 0. The second-order valence-corrected chi connectivity index (χ2v) is 6.36. The maximum Gasteiger partial charge on any atom is 0.0706 e. The van der Waals surface area contributed by atoms with Crippen molar-refractivity contribution in [2.75, 3.05) is 0 Å². The predicted molar refractivity (Wildman–Crippen MR) is 73.1 cm³/mol. The molecule has 0 aliphatic heterocycles. The average molecular weight is 383 g/mol. The first-order chi connectivity index (χ1) is 6.77. The summed E-state index contributed by atoms with van der Waals surface area (Å²) in [4.78, 5) is 0. The predicted octanol–water partition coefficient (Wildman–Crippen LogP) is 3.89. The van der Waals surface area contributed by atoms with Crippen molar-refractivity contribution in [1.82, 2.24) is 0 Å². The van der Waals surface area contributed by atoms with Crippen molar-refractivity contribution in [2.24, 2.45) is 0 Å². The van der Waals surface area contributed by atoms with Gasteiger partial charge >= 0.3 is 0 Å². The number of alkyl halides is 1. The average Bonchev–Trinajstić information content (AvgIpc) is 2.52. The Morgan fingerprint density at radius 1 is 1.43 bits per heavy atom. The largest absolute Gasteiger partial charge is 0.392 e. The molecule has 0 saturated carbocycles. The van der Waals surface area contributed by atoms with Crippen LogP contribution in [-0.4, -0.2) is 5.11 Å². The summed E-state index contributed by atoms with van der Waals surface area (Å²) in [6, 6.07) is 6.09. The summed E-state index contributed by atoms with van der Waals surface area (Å²) >= 11 is 7.62. The molecule has 0 spiro atoms. The normalized spacial score (nSPS) is 11.1. The molecule has 1 aromatic carbocycles. The van der Waals surface area contributed by atoms with Crippen LogP contribution in [0.5, 0.6) is 0 Å². The van der Waals surface area contributed by atoms with E-state index in [9.17, 15) is 5.11 Å². The van der Waals surface area contributed by atoms with E-state index in [1.54, 1.807) is 11.3 Å². The van der Waals surface area contributed by atoms with Gasteiger partial charge in [0.05, 0.1) is 9.49 Å². The molecule has 0 aliphatic rings. The van der Waals surface area contributed by atoms with Crippen LogP contribution in [0.4, 0.5) is 0 Å². The highest BCUT2D eigenvalue weighted by molar-refractivity contribution is 14.1. The zero-order chi connectivity index (χ0) is 10.1. The van der Waals surface area contributed by atoms with E-state index in [2.05, 4.69) is 44.6 Å². The van der Waals surface area contributed by atoms with Crippen molar-refractivity contribution < 1.29 is 5.11 Å². The molecule has 0 atom stereocenters. The number of aliphatic hydroxyl groups excluding tert-OH is 1. The standard InChI is InChI=1S/C10H8BrIOS/c11-4-7-9-6(5-13)2-1-3-8(9)14-10(7)12/h1-3,13H,4-5H2. The molecule has 0 radical (unpaired) electrons. The van der Waals surface area contributed by atoms with E-state index < -0.39 is 0 Å². The summed E-state index contributed by atoms with van der Waals surface area (Å²) < 4.78 is 2.56. The van der Waals surface area contributed by atoms with Crippen molar-refractivity contribution in [3.63, 3.8) is 0 Å². The smallest absolute Gasteiger partial charge is 0.0706 e. The first-order valence-electron chi connectivity index (χ1n) is 4.13. The zero-order valence-corrected chi connectivity index (χ0v) is 11.8. The van der Waals surface area contributed by atoms with E-state index in [-0.39, 0.29) is 6.61 Å². The van der Waals surface area contributed by atoms with Gasteiger partial charge in [0.25, 0.3) is 0 Å². The van der Waals surface area contributed by atoms with Gasteiger partial charge < -0.3 is 5.11 Å². The quantitative estimate of drug-likeness (QED) is 0.617. The molecule has 1 heterocycles. The van der Waals surface area contributed by atoms with Gasteiger partial charge in [-0.3, -0.25) is 0 Å². The summed E-state index contributed by atoms with van der Waals surface area (Å²) in [5, 5.41) is 11.3. The van der Waals surface area contributed by atoms with Crippen molar-refractivity contribution in [3.8, 4) is 0 Å². The summed E-state index contributed by atoms with van der Waals surface area (Å²) in [7, 11) is 0. The van der Waals surface area contributed by atoms with E-state index in [1.165, 1.54) is 18.5 Å². The minimum atomic E-state index is 0.115. The Labute approximate surface area is 108 Å².